The van der Waals surface area contributed by atoms with Gasteiger partial charge in [-0.25, -0.2) is 13.8 Å². The van der Waals surface area contributed by atoms with Crippen LogP contribution in [-0.4, -0.2) is 20.4 Å². The van der Waals surface area contributed by atoms with Crippen LogP contribution in [0.5, 0.6) is 11.5 Å². The lowest BCUT2D eigenvalue weighted by atomic mass is 10.2. The van der Waals surface area contributed by atoms with E-state index in [1.807, 2.05) is 19.9 Å². The molecule has 0 fully saturated rings. The fraction of sp³-hybridized carbons (Fsp3) is 0.103. The Balaban J connectivity index is 1.40. The number of halogens is 2. The van der Waals surface area contributed by atoms with Crippen molar-refractivity contribution in [3.05, 3.63) is 117 Å². The summed E-state index contributed by atoms with van der Waals surface area (Å²) in [6, 6.07) is 15.8. The van der Waals surface area contributed by atoms with Gasteiger partial charge < -0.3 is 10.1 Å². The Morgan fingerprint density at radius 2 is 1.68 bits per heavy atom. The van der Waals surface area contributed by atoms with Gasteiger partial charge in [0, 0.05) is 41.1 Å². The predicted molar refractivity (Wildman–Crippen MR) is 140 cm³/mol. The van der Waals surface area contributed by atoms with Gasteiger partial charge in [-0.1, -0.05) is 0 Å². The molecule has 1 amide bonds. The summed E-state index contributed by atoms with van der Waals surface area (Å²) in [7, 11) is 0. The molecule has 190 valence electrons. The molecule has 3 heterocycles. The van der Waals surface area contributed by atoms with Gasteiger partial charge >= 0.3 is 0 Å². The summed E-state index contributed by atoms with van der Waals surface area (Å²) in [5.74, 6) is -1.60. The Hall–Kier alpha value is -4.92. The van der Waals surface area contributed by atoms with Gasteiger partial charge in [-0.3, -0.25) is 19.1 Å². The standard InChI is InChI=1S/C29H22F2N4O3/c1-16-14-24-27(33-18(16)3)26(12-13-32-24)38-25-11-7-20(15-23(25)31)34-28(36)22-10-4-17(2)35(29(22)37)21-8-5-19(30)6-9-21/h4-15H,1-3H3,(H,34,36). The molecule has 0 aliphatic rings. The van der Waals surface area contributed by atoms with Crippen molar-refractivity contribution in [1.82, 2.24) is 14.5 Å². The second kappa shape index (κ2) is 9.85. The van der Waals surface area contributed by atoms with Crippen LogP contribution in [0.3, 0.4) is 0 Å². The largest absolute Gasteiger partial charge is 0.452 e. The second-order valence-corrected chi connectivity index (χ2v) is 8.77. The number of benzene rings is 2. The second-order valence-electron chi connectivity index (χ2n) is 8.77. The van der Waals surface area contributed by atoms with Gasteiger partial charge in [0.05, 0.1) is 5.52 Å². The molecule has 2 aromatic carbocycles. The normalized spacial score (nSPS) is 11.0. The number of carbonyl (C=O) groups is 1. The minimum atomic E-state index is -0.718. The highest BCUT2D eigenvalue weighted by atomic mass is 19.1. The average Bonchev–Trinajstić information content (AvgIpc) is 2.88. The van der Waals surface area contributed by atoms with E-state index in [-0.39, 0.29) is 17.0 Å². The van der Waals surface area contributed by atoms with Gasteiger partial charge in [0.15, 0.2) is 17.3 Å². The number of hydrogen-bond acceptors (Lipinski definition) is 5. The molecule has 0 saturated heterocycles. The van der Waals surface area contributed by atoms with Crippen LogP contribution < -0.4 is 15.6 Å². The first-order chi connectivity index (χ1) is 18.2. The Kier molecular flexibility index (Phi) is 6.42. The summed E-state index contributed by atoms with van der Waals surface area (Å²) in [5.41, 5.74) is 3.29. The van der Waals surface area contributed by atoms with Crippen molar-refractivity contribution >= 4 is 22.6 Å². The number of nitrogens with one attached hydrogen (secondary N) is 1. The molecule has 3 aromatic heterocycles. The number of fused-ring (bicyclic) bond motifs is 1. The van der Waals surface area contributed by atoms with Crippen LogP contribution in [0.1, 0.15) is 27.3 Å². The zero-order chi connectivity index (χ0) is 27.0. The topological polar surface area (TPSA) is 86.1 Å². The van der Waals surface area contributed by atoms with E-state index in [2.05, 4.69) is 15.3 Å². The molecule has 0 bridgehead atoms. The van der Waals surface area contributed by atoms with Crippen molar-refractivity contribution in [1.29, 1.82) is 0 Å². The first kappa shape index (κ1) is 24.8. The van der Waals surface area contributed by atoms with Crippen LogP contribution >= 0.6 is 0 Å². The minimum Gasteiger partial charge on any atom is -0.452 e. The van der Waals surface area contributed by atoms with Crippen molar-refractivity contribution < 1.29 is 18.3 Å². The van der Waals surface area contributed by atoms with E-state index in [1.54, 1.807) is 25.3 Å². The van der Waals surface area contributed by atoms with E-state index in [9.17, 15) is 18.4 Å². The fourth-order valence-corrected chi connectivity index (χ4v) is 4.01. The molecule has 0 aliphatic heterocycles. The lowest BCUT2D eigenvalue weighted by Crippen LogP contribution is -2.29. The number of aromatic nitrogens is 3. The molecule has 9 heteroatoms. The van der Waals surface area contributed by atoms with Crippen molar-refractivity contribution in [2.24, 2.45) is 0 Å². The highest BCUT2D eigenvalue weighted by molar-refractivity contribution is 6.04. The Labute approximate surface area is 216 Å². The molecule has 0 unspecified atom stereocenters. The number of nitrogens with zero attached hydrogens (tertiary/aromatic N) is 3. The Morgan fingerprint density at radius 1 is 0.921 bits per heavy atom. The lowest BCUT2D eigenvalue weighted by Gasteiger charge is -2.13. The number of anilines is 1. The van der Waals surface area contributed by atoms with Crippen molar-refractivity contribution in [2.45, 2.75) is 20.8 Å². The van der Waals surface area contributed by atoms with Gasteiger partial charge in [0.25, 0.3) is 11.5 Å². The van der Waals surface area contributed by atoms with Gasteiger partial charge in [-0.05, 0) is 80.9 Å². The first-order valence-electron chi connectivity index (χ1n) is 11.7. The summed E-state index contributed by atoms with van der Waals surface area (Å²) in [5, 5.41) is 2.55. The molecular weight excluding hydrogens is 490 g/mol. The molecule has 0 saturated carbocycles. The summed E-state index contributed by atoms with van der Waals surface area (Å²) in [4.78, 5) is 34.8. The smallest absolute Gasteiger partial charge is 0.268 e. The predicted octanol–water partition coefficient (Wildman–Crippen LogP) is 6.03. The zero-order valence-corrected chi connectivity index (χ0v) is 20.8. The zero-order valence-electron chi connectivity index (χ0n) is 20.8. The van der Waals surface area contributed by atoms with Crippen LogP contribution in [0.25, 0.3) is 16.7 Å². The number of pyridine rings is 3. The van der Waals surface area contributed by atoms with Crippen LogP contribution in [-0.2, 0) is 0 Å². The van der Waals surface area contributed by atoms with E-state index >= 15 is 0 Å². The van der Waals surface area contributed by atoms with E-state index in [1.165, 1.54) is 47.0 Å². The number of carbonyl (C=O) groups excluding carboxylic acids is 1. The maximum absolute atomic E-state index is 15.0. The molecule has 0 atom stereocenters. The van der Waals surface area contributed by atoms with Crippen LogP contribution in [0.2, 0.25) is 0 Å². The first-order valence-corrected chi connectivity index (χ1v) is 11.7. The van der Waals surface area contributed by atoms with E-state index < -0.39 is 23.1 Å². The third-order valence-electron chi connectivity index (χ3n) is 6.14. The summed E-state index contributed by atoms with van der Waals surface area (Å²) in [6.07, 6.45) is 1.56. The van der Waals surface area contributed by atoms with Gasteiger partial charge in [0.2, 0.25) is 0 Å². The van der Waals surface area contributed by atoms with Crippen molar-refractivity contribution in [3.63, 3.8) is 0 Å². The maximum Gasteiger partial charge on any atom is 0.268 e. The third kappa shape index (κ3) is 4.73. The highest BCUT2D eigenvalue weighted by Gasteiger charge is 2.17. The van der Waals surface area contributed by atoms with Crippen LogP contribution in [0, 0.1) is 32.4 Å². The molecule has 5 aromatic rings. The van der Waals surface area contributed by atoms with E-state index in [0.717, 1.165) is 17.3 Å². The van der Waals surface area contributed by atoms with E-state index in [0.29, 0.717) is 28.2 Å². The molecule has 38 heavy (non-hydrogen) atoms. The maximum atomic E-state index is 15.0. The average molecular weight is 513 g/mol. The van der Waals surface area contributed by atoms with Crippen LogP contribution in [0.4, 0.5) is 14.5 Å². The fourth-order valence-electron chi connectivity index (χ4n) is 4.01. The Morgan fingerprint density at radius 3 is 2.42 bits per heavy atom. The summed E-state index contributed by atoms with van der Waals surface area (Å²) in [6.45, 7) is 5.50. The Bertz CT molecular complexity index is 1770. The monoisotopic (exact) mass is 512 g/mol. The van der Waals surface area contributed by atoms with E-state index in [4.69, 9.17) is 4.74 Å². The molecule has 7 nitrogen and oxygen atoms in total. The number of aryl methyl sites for hydroxylation is 3. The molecule has 0 radical (unpaired) electrons. The third-order valence-corrected chi connectivity index (χ3v) is 6.14. The van der Waals surface area contributed by atoms with Gasteiger partial charge in [-0.15, -0.1) is 0 Å². The van der Waals surface area contributed by atoms with Crippen LogP contribution in [0.15, 0.2) is 77.7 Å². The molecular formula is C29H22F2N4O3. The molecule has 5 rings (SSSR count). The van der Waals surface area contributed by atoms with Gasteiger partial charge in [0.1, 0.15) is 16.9 Å². The number of ether oxygens (including phenoxy) is 1. The molecule has 1 N–H and O–H groups in total. The highest BCUT2D eigenvalue weighted by Crippen LogP contribution is 2.31. The number of amides is 1. The SMILES string of the molecule is Cc1cc2nccc(Oc3ccc(NC(=O)c4ccc(C)n(-c5ccc(F)cc5)c4=O)cc3F)c2nc1C. The van der Waals surface area contributed by atoms with Gasteiger partial charge in [-0.2, -0.15) is 0 Å². The molecule has 0 aliphatic carbocycles. The summed E-state index contributed by atoms with van der Waals surface area (Å²) < 4.78 is 35.4. The van der Waals surface area contributed by atoms with Crippen molar-refractivity contribution in [2.75, 3.05) is 5.32 Å². The minimum absolute atomic E-state index is 0.0653. The number of hydrogen-bond donors (Lipinski definition) is 1. The lowest BCUT2D eigenvalue weighted by molar-refractivity contribution is 0.102. The number of rotatable bonds is 5. The van der Waals surface area contributed by atoms with Crippen molar-refractivity contribution in [3.8, 4) is 17.2 Å². The quantitative estimate of drug-likeness (QED) is 0.311. The molecule has 0 spiro atoms. The summed E-state index contributed by atoms with van der Waals surface area (Å²) >= 11 is 0.